The summed E-state index contributed by atoms with van der Waals surface area (Å²) in [7, 11) is 0. The van der Waals surface area contributed by atoms with Crippen LogP contribution in [0, 0.1) is 11.4 Å². The summed E-state index contributed by atoms with van der Waals surface area (Å²) in [4.78, 5) is 15.8. The number of hydrogen-bond acceptors (Lipinski definition) is 6. The first-order valence-corrected chi connectivity index (χ1v) is 11.3. The molecule has 0 atom stereocenters. The molecule has 9 heteroatoms. The number of rotatable bonds is 4. The molecule has 3 heterocycles. The van der Waals surface area contributed by atoms with E-state index in [1.54, 1.807) is 12.3 Å². The second kappa shape index (κ2) is 8.24. The fourth-order valence-corrected chi connectivity index (χ4v) is 5.67. The molecule has 1 N–H and O–H groups in total. The Morgan fingerprint density at radius 2 is 1.93 bits per heavy atom. The molecule has 2 aromatic rings. The van der Waals surface area contributed by atoms with E-state index in [2.05, 4.69) is 18.4 Å². The van der Waals surface area contributed by atoms with Gasteiger partial charge >= 0.3 is 0 Å². The zero-order valence-electron chi connectivity index (χ0n) is 14.7. The molecular weight excluding hydrogens is 500 g/mol. The van der Waals surface area contributed by atoms with E-state index in [0.717, 1.165) is 18.9 Å². The van der Waals surface area contributed by atoms with Crippen LogP contribution in [-0.4, -0.2) is 28.0 Å². The molecule has 0 unspecified atom stereocenters. The molecule has 1 spiro atoms. The van der Waals surface area contributed by atoms with Crippen LogP contribution in [0.25, 0.3) is 0 Å². The van der Waals surface area contributed by atoms with E-state index in [-0.39, 0.29) is 5.02 Å². The standard InChI is InChI=1S/C18H20ClFIN5S/c19-14-12(3-8-22-15(14)20)27-17-16(25-21)24-13(11-23-17)26-9-6-18(7-10-26)4-1-2-5-18/h3,8,11H,1-2,4-7,9-10H2,(H,24,25). The second-order valence-corrected chi connectivity index (χ2v) is 9.13. The summed E-state index contributed by atoms with van der Waals surface area (Å²) < 4.78 is 16.7. The second-order valence-electron chi connectivity index (χ2n) is 7.19. The van der Waals surface area contributed by atoms with Gasteiger partial charge in [0.2, 0.25) is 5.95 Å². The summed E-state index contributed by atoms with van der Waals surface area (Å²) in [5.41, 5.74) is 0.576. The van der Waals surface area contributed by atoms with Gasteiger partial charge in [0, 0.05) is 24.2 Å². The first kappa shape index (κ1) is 19.4. The van der Waals surface area contributed by atoms with E-state index < -0.39 is 5.95 Å². The topological polar surface area (TPSA) is 53.9 Å². The molecule has 0 aromatic carbocycles. The average molecular weight is 520 g/mol. The minimum Gasteiger partial charge on any atom is -0.355 e. The number of aromatic nitrogens is 3. The zero-order chi connectivity index (χ0) is 18.9. The maximum absolute atomic E-state index is 13.6. The Hall–Kier alpha value is -0.870. The lowest BCUT2D eigenvalue weighted by Gasteiger charge is -2.39. The molecule has 1 aliphatic carbocycles. The van der Waals surface area contributed by atoms with Crippen LogP contribution in [0.4, 0.5) is 16.0 Å². The number of pyridine rings is 1. The van der Waals surface area contributed by atoms with E-state index in [9.17, 15) is 4.39 Å². The van der Waals surface area contributed by atoms with Crippen LogP contribution in [0.2, 0.25) is 5.02 Å². The number of piperidine rings is 1. The van der Waals surface area contributed by atoms with Gasteiger partial charge in [0.15, 0.2) is 5.82 Å². The number of anilines is 2. The van der Waals surface area contributed by atoms with Crippen molar-refractivity contribution in [3.63, 3.8) is 0 Å². The minimum atomic E-state index is -0.676. The number of halogens is 3. The Kier molecular flexibility index (Phi) is 5.94. The van der Waals surface area contributed by atoms with Gasteiger partial charge in [-0.15, -0.1) is 0 Å². The highest BCUT2D eigenvalue weighted by Gasteiger charge is 2.37. The summed E-state index contributed by atoms with van der Waals surface area (Å²) in [6.45, 7) is 2.06. The van der Waals surface area contributed by atoms with Crippen molar-refractivity contribution in [3.8, 4) is 0 Å². The minimum absolute atomic E-state index is 0.00526. The Morgan fingerprint density at radius 1 is 1.19 bits per heavy atom. The molecule has 4 rings (SSSR count). The van der Waals surface area contributed by atoms with Crippen LogP contribution in [0.5, 0.6) is 0 Å². The van der Waals surface area contributed by atoms with Crippen LogP contribution in [0.3, 0.4) is 0 Å². The van der Waals surface area contributed by atoms with Crippen molar-refractivity contribution >= 4 is 57.9 Å². The Morgan fingerprint density at radius 3 is 2.63 bits per heavy atom. The monoisotopic (exact) mass is 519 g/mol. The normalized spacial score (nSPS) is 18.9. The lowest BCUT2D eigenvalue weighted by Crippen LogP contribution is -2.39. The molecule has 1 saturated heterocycles. The van der Waals surface area contributed by atoms with E-state index in [1.165, 1.54) is 56.5 Å². The molecule has 0 radical (unpaired) electrons. The summed E-state index contributed by atoms with van der Waals surface area (Å²) >= 11 is 9.34. The first-order valence-electron chi connectivity index (χ1n) is 9.07. The molecule has 2 aliphatic rings. The lowest BCUT2D eigenvalue weighted by atomic mass is 9.77. The quantitative estimate of drug-likeness (QED) is 0.316. The van der Waals surface area contributed by atoms with Crippen molar-refractivity contribution in [1.82, 2.24) is 15.0 Å². The summed E-state index contributed by atoms with van der Waals surface area (Å²) in [6, 6.07) is 1.67. The summed E-state index contributed by atoms with van der Waals surface area (Å²) in [5.74, 6) is 0.871. The molecule has 2 fully saturated rings. The molecule has 0 bridgehead atoms. The fourth-order valence-electron chi connectivity index (χ4n) is 4.08. The fraction of sp³-hybridized carbons (Fsp3) is 0.500. The molecule has 0 amide bonds. The van der Waals surface area contributed by atoms with Gasteiger partial charge in [0.1, 0.15) is 15.9 Å². The summed E-state index contributed by atoms with van der Waals surface area (Å²) in [5, 5.41) is 0.663. The highest BCUT2D eigenvalue weighted by Crippen LogP contribution is 2.46. The van der Waals surface area contributed by atoms with E-state index >= 15 is 0 Å². The predicted octanol–water partition coefficient (Wildman–Crippen LogP) is 5.74. The van der Waals surface area contributed by atoms with E-state index in [4.69, 9.17) is 16.6 Å². The van der Waals surface area contributed by atoms with Crippen molar-refractivity contribution in [3.05, 3.63) is 29.4 Å². The molecule has 144 valence electrons. The number of nitrogens with one attached hydrogen (secondary N) is 1. The molecule has 27 heavy (non-hydrogen) atoms. The highest BCUT2D eigenvalue weighted by atomic mass is 127. The SMILES string of the molecule is Fc1nccc(Sc2ncc(N3CCC4(CCCC4)CC3)nc2NI)c1Cl. The van der Waals surface area contributed by atoms with Crippen LogP contribution >= 0.6 is 46.2 Å². The zero-order valence-corrected chi connectivity index (χ0v) is 18.4. The first-order chi connectivity index (χ1) is 13.1. The third kappa shape index (κ3) is 4.12. The predicted molar refractivity (Wildman–Crippen MR) is 115 cm³/mol. The van der Waals surface area contributed by atoms with E-state index in [1.807, 2.05) is 22.9 Å². The lowest BCUT2D eigenvalue weighted by molar-refractivity contribution is 0.226. The molecule has 5 nitrogen and oxygen atoms in total. The average Bonchev–Trinajstić information content (AvgIpc) is 3.14. The third-order valence-electron chi connectivity index (χ3n) is 5.65. The van der Waals surface area contributed by atoms with Gasteiger partial charge in [-0.25, -0.2) is 15.0 Å². The van der Waals surface area contributed by atoms with Crippen molar-refractivity contribution in [2.75, 3.05) is 21.5 Å². The van der Waals surface area contributed by atoms with Crippen molar-refractivity contribution in [1.29, 1.82) is 0 Å². The van der Waals surface area contributed by atoms with Crippen LogP contribution < -0.4 is 8.43 Å². The number of hydrogen-bond donors (Lipinski definition) is 1. The van der Waals surface area contributed by atoms with Crippen molar-refractivity contribution in [2.24, 2.45) is 5.41 Å². The highest BCUT2D eigenvalue weighted by molar-refractivity contribution is 14.1. The Balaban J connectivity index is 1.51. The number of nitrogens with zero attached hydrogens (tertiary/aromatic N) is 4. The van der Waals surface area contributed by atoms with Crippen LogP contribution in [0.15, 0.2) is 28.4 Å². The van der Waals surface area contributed by atoms with Gasteiger partial charge in [0.05, 0.1) is 29.1 Å². The van der Waals surface area contributed by atoms with Crippen molar-refractivity contribution in [2.45, 2.75) is 48.4 Å². The molecule has 2 aromatic heterocycles. The van der Waals surface area contributed by atoms with Gasteiger partial charge in [-0.3, -0.25) is 0 Å². The third-order valence-corrected chi connectivity index (χ3v) is 7.68. The van der Waals surface area contributed by atoms with Gasteiger partial charge in [-0.05, 0) is 37.2 Å². The maximum atomic E-state index is 13.6. The van der Waals surface area contributed by atoms with Crippen LogP contribution in [-0.2, 0) is 0 Å². The van der Waals surface area contributed by atoms with Gasteiger partial charge in [0.25, 0.3) is 0 Å². The molecule has 1 saturated carbocycles. The Bertz CT molecular complexity index is 823. The molecule has 1 aliphatic heterocycles. The maximum Gasteiger partial charge on any atom is 0.232 e. The van der Waals surface area contributed by atoms with Gasteiger partial charge < -0.3 is 8.43 Å². The van der Waals surface area contributed by atoms with E-state index in [0.29, 0.717) is 21.2 Å². The molecular formula is C18H20ClFIN5S. The van der Waals surface area contributed by atoms with Crippen LogP contribution in [0.1, 0.15) is 38.5 Å². The largest absolute Gasteiger partial charge is 0.355 e. The Labute approximate surface area is 181 Å². The smallest absolute Gasteiger partial charge is 0.232 e. The van der Waals surface area contributed by atoms with Crippen molar-refractivity contribution < 1.29 is 4.39 Å². The van der Waals surface area contributed by atoms with Gasteiger partial charge in [-0.1, -0.05) is 36.2 Å². The summed E-state index contributed by atoms with van der Waals surface area (Å²) in [6.07, 6.45) is 11.2. The van der Waals surface area contributed by atoms with Gasteiger partial charge in [-0.2, -0.15) is 4.39 Å².